The van der Waals surface area contributed by atoms with E-state index in [9.17, 15) is 13.2 Å². The Morgan fingerprint density at radius 3 is 2.21 bits per heavy atom. The number of carbonyl (C=O) groups excluding carboxylic acids is 1. The monoisotopic (exact) mass is 363 g/mol. The summed E-state index contributed by atoms with van der Waals surface area (Å²) in [5.74, 6) is -0.186. The molecule has 4 nitrogen and oxygen atoms in total. The van der Waals surface area contributed by atoms with Gasteiger partial charge in [0.15, 0.2) is 9.84 Å². The number of hydrogen-bond donors (Lipinski definition) is 1. The molecule has 6 heteroatoms. The summed E-state index contributed by atoms with van der Waals surface area (Å²) in [6.45, 7) is 0.378. The predicted octanol–water partition coefficient (Wildman–Crippen LogP) is 3.21. The first kappa shape index (κ1) is 18.2. The molecule has 0 atom stereocenters. The van der Waals surface area contributed by atoms with Crippen molar-refractivity contribution >= 4 is 33.4 Å². The first-order valence-corrected chi connectivity index (χ1v) is 9.73. The molecule has 126 valence electrons. The minimum Gasteiger partial charge on any atom is -0.348 e. The van der Waals surface area contributed by atoms with Crippen molar-refractivity contribution in [3.05, 3.63) is 76.3 Å². The van der Waals surface area contributed by atoms with Crippen LogP contribution in [0.1, 0.15) is 16.7 Å². The minimum absolute atomic E-state index is 0.0173. The largest absolute Gasteiger partial charge is 0.348 e. The molecule has 2 aromatic carbocycles. The average Bonchev–Trinajstić information content (AvgIpc) is 2.52. The van der Waals surface area contributed by atoms with E-state index in [4.69, 9.17) is 11.6 Å². The van der Waals surface area contributed by atoms with Crippen molar-refractivity contribution in [2.24, 2.45) is 0 Å². The molecular formula is C18H18ClNO3S. The summed E-state index contributed by atoms with van der Waals surface area (Å²) in [6.07, 6.45) is 4.37. The number of hydrogen-bond acceptors (Lipinski definition) is 3. The van der Waals surface area contributed by atoms with Gasteiger partial charge in [-0.1, -0.05) is 48.0 Å². The molecule has 0 aliphatic carbocycles. The van der Waals surface area contributed by atoms with E-state index in [1.54, 1.807) is 30.3 Å². The highest BCUT2D eigenvalue weighted by Crippen LogP contribution is 2.11. The Kier molecular flexibility index (Phi) is 6.17. The third-order valence-corrected chi connectivity index (χ3v) is 4.33. The topological polar surface area (TPSA) is 63.2 Å². The van der Waals surface area contributed by atoms with E-state index < -0.39 is 9.84 Å². The first-order chi connectivity index (χ1) is 11.3. The lowest BCUT2D eigenvalue weighted by Crippen LogP contribution is -2.20. The van der Waals surface area contributed by atoms with Gasteiger partial charge in [-0.25, -0.2) is 8.42 Å². The van der Waals surface area contributed by atoms with Gasteiger partial charge >= 0.3 is 0 Å². The van der Waals surface area contributed by atoms with Gasteiger partial charge in [0.2, 0.25) is 5.91 Å². The molecule has 2 rings (SSSR count). The van der Waals surface area contributed by atoms with E-state index >= 15 is 0 Å². The number of rotatable bonds is 6. The van der Waals surface area contributed by atoms with Crippen LogP contribution in [-0.4, -0.2) is 20.6 Å². The van der Waals surface area contributed by atoms with Gasteiger partial charge in [-0.2, -0.15) is 0 Å². The number of benzene rings is 2. The van der Waals surface area contributed by atoms with E-state index in [0.717, 1.165) is 16.7 Å². The van der Waals surface area contributed by atoms with Gasteiger partial charge in [0.25, 0.3) is 0 Å². The van der Waals surface area contributed by atoms with Crippen molar-refractivity contribution in [2.75, 3.05) is 6.26 Å². The average molecular weight is 364 g/mol. The van der Waals surface area contributed by atoms with E-state index in [2.05, 4.69) is 5.32 Å². The third-order valence-electron chi connectivity index (χ3n) is 3.22. The zero-order valence-corrected chi connectivity index (χ0v) is 14.8. The molecule has 0 saturated heterocycles. The van der Waals surface area contributed by atoms with Crippen LogP contribution in [0.2, 0.25) is 5.02 Å². The SMILES string of the molecule is CS(=O)(=O)Cc1ccc(CNC(=O)/C=C\c2ccc(Cl)cc2)cc1. The maximum absolute atomic E-state index is 11.8. The Morgan fingerprint density at radius 1 is 1.04 bits per heavy atom. The standard InChI is InChI=1S/C18H18ClNO3S/c1-24(22,23)13-16-4-2-15(3-5-16)12-20-18(21)11-8-14-6-9-17(19)10-7-14/h2-11H,12-13H2,1H3,(H,20,21)/b11-8-. The van der Waals surface area contributed by atoms with Crippen LogP contribution in [0.3, 0.4) is 0 Å². The zero-order chi connectivity index (χ0) is 17.6. The second kappa shape index (κ2) is 8.13. The maximum atomic E-state index is 11.8. The number of sulfone groups is 1. The van der Waals surface area contributed by atoms with Gasteiger partial charge in [-0.15, -0.1) is 0 Å². The lowest BCUT2D eigenvalue weighted by Gasteiger charge is -2.04. The predicted molar refractivity (Wildman–Crippen MR) is 97.3 cm³/mol. The van der Waals surface area contributed by atoms with Crippen LogP contribution in [0.4, 0.5) is 0 Å². The van der Waals surface area contributed by atoms with Gasteiger partial charge in [-0.05, 0) is 34.9 Å². The molecule has 0 heterocycles. The molecule has 1 N–H and O–H groups in total. The fraction of sp³-hybridized carbons (Fsp3) is 0.167. The molecule has 2 aromatic rings. The summed E-state index contributed by atoms with van der Waals surface area (Å²) < 4.78 is 22.5. The quantitative estimate of drug-likeness (QED) is 0.801. The van der Waals surface area contributed by atoms with Gasteiger partial charge < -0.3 is 5.32 Å². The number of halogens is 1. The van der Waals surface area contributed by atoms with Gasteiger partial charge in [0.05, 0.1) is 5.75 Å². The highest BCUT2D eigenvalue weighted by Gasteiger charge is 2.04. The molecule has 0 unspecified atom stereocenters. The highest BCUT2D eigenvalue weighted by molar-refractivity contribution is 7.89. The summed E-state index contributed by atoms with van der Waals surface area (Å²) in [5, 5.41) is 3.43. The van der Waals surface area contributed by atoms with Crippen LogP contribution in [-0.2, 0) is 26.9 Å². The molecule has 0 saturated carbocycles. The molecule has 1 amide bonds. The van der Waals surface area contributed by atoms with E-state index in [1.807, 2.05) is 24.3 Å². The molecule has 0 aliphatic rings. The fourth-order valence-corrected chi connectivity index (χ4v) is 2.97. The Bertz CT molecular complexity index is 826. The van der Waals surface area contributed by atoms with Crippen molar-refractivity contribution in [2.45, 2.75) is 12.3 Å². The van der Waals surface area contributed by atoms with Crippen molar-refractivity contribution in [3.8, 4) is 0 Å². The molecule has 0 spiro atoms. The second-order valence-corrected chi connectivity index (χ2v) is 8.07. The summed E-state index contributed by atoms with van der Waals surface area (Å²) in [6, 6.07) is 14.3. The van der Waals surface area contributed by atoms with Crippen molar-refractivity contribution < 1.29 is 13.2 Å². The summed E-state index contributed by atoms with van der Waals surface area (Å²) in [7, 11) is -3.04. The molecule has 0 aromatic heterocycles. The minimum atomic E-state index is -3.04. The van der Waals surface area contributed by atoms with Crippen LogP contribution in [0.15, 0.2) is 54.6 Å². The van der Waals surface area contributed by atoms with Crippen LogP contribution < -0.4 is 5.32 Å². The molecule has 0 aliphatic heterocycles. The van der Waals surface area contributed by atoms with Gasteiger partial charge in [-0.3, -0.25) is 4.79 Å². The third kappa shape index (κ3) is 6.56. The van der Waals surface area contributed by atoms with E-state index in [1.165, 1.54) is 12.3 Å². The second-order valence-electron chi connectivity index (χ2n) is 5.49. The fourth-order valence-electron chi connectivity index (χ4n) is 2.05. The van der Waals surface area contributed by atoms with Crippen molar-refractivity contribution in [3.63, 3.8) is 0 Å². The van der Waals surface area contributed by atoms with Crippen molar-refractivity contribution in [1.29, 1.82) is 0 Å². The normalized spacial score (nSPS) is 11.6. The Balaban J connectivity index is 1.86. The Hall–Kier alpha value is -2.11. The van der Waals surface area contributed by atoms with Crippen LogP contribution in [0.5, 0.6) is 0 Å². The molecule has 0 bridgehead atoms. The van der Waals surface area contributed by atoms with Crippen LogP contribution in [0, 0.1) is 0 Å². The molecule has 0 fully saturated rings. The summed E-state index contributed by atoms with van der Waals surface area (Å²) in [4.78, 5) is 11.8. The number of nitrogens with one attached hydrogen (secondary N) is 1. The lowest BCUT2D eigenvalue weighted by atomic mass is 10.1. The zero-order valence-electron chi connectivity index (χ0n) is 13.2. The smallest absolute Gasteiger partial charge is 0.244 e. The van der Waals surface area contributed by atoms with Gasteiger partial charge in [0.1, 0.15) is 0 Å². The summed E-state index contributed by atoms with van der Waals surface area (Å²) >= 11 is 5.80. The van der Waals surface area contributed by atoms with Crippen LogP contribution in [0.25, 0.3) is 6.08 Å². The summed E-state index contributed by atoms with van der Waals surface area (Å²) in [5.41, 5.74) is 2.52. The molecule has 24 heavy (non-hydrogen) atoms. The lowest BCUT2D eigenvalue weighted by molar-refractivity contribution is -0.116. The van der Waals surface area contributed by atoms with Crippen molar-refractivity contribution in [1.82, 2.24) is 5.32 Å². The molecular weight excluding hydrogens is 346 g/mol. The number of amides is 1. The number of carbonyl (C=O) groups is 1. The van der Waals surface area contributed by atoms with E-state index in [-0.39, 0.29) is 11.7 Å². The Morgan fingerprint density at radius 2 is 1.62 bits per heavy atom. The highest BCUT2D eigenvalue weighted by atomic mass is 35.5. The maximum Gasteiger partial charge on any atom is 0.244 e. The first-order valence-electron chi connectivity index (χ1n) is 7.29. The van der Waals surface area contributed by atoms with Gasteiger partial charge in [0, 0.05) is 23.9 Å². The van der Waals surface area contributed by atoms with E-state index in [0.29, 0.717) is 11.6 Å². The molecule has 0 radical (unpaired) electrons. The Labute approximate surface area is 147 Å². The van der Waals surface area contributed by atoms with Crippen LogP contribution >= 0.6 is 11.6 Å².